The van der Waals surface area contributed by atoms with Gasteiger partial charge < -0.3 is 4.90 Å². The van der Waals surface area contributed by atoms with Crippen molar-refractivity contribution >= 4 is 17.5 Å². The molecule has 1 aromatic carbocycles. The van der Waals surface area contributed by atoms with Crippen molar-refractivity contribution in [3.8, 4) is 17.9 Å². The maximum atomic E-state index is 13.1. The van der Waals surface area contributed by atoms with E-state index in [1.54, 1.807) is 11.8 Å². The standard InChI is InChI=1S/C25H28N2O3/c1-4-5-18-12-16(2)24(17(3)13-18)25-21(28)14-20(15-22(25)29)19-7-10-27(11-8-19)23(30)6-9-26/h12-13,19-20,25H,6-8,10-11,14-15H2,1-3H3. The van der Waals surface area contributed by atoms with E-state index < -0.39 is 5.92 Å². The molecule has 2 fully saturated rings. The first kappa shape index (κ1) is 21.8. The Morgan fingerprint density at radius 1 is 1.07 bits per heavy atom. The molecule has 0 bridgehead atoms. The van der Waals surface area contributed by atoms with Crippen molar-refractivity contribution in [3.63, 3.8) is 0 Å². The smallest absolute Gasteiger partial charge is 0.236 e. The molecule has 1 aromatic rings. The van der Waals surface area contributed by atoms with Crippen molar-refractivity contribution in [2.24, 2.45) is 11.8 Å². The Bertz CT molecular complexity index is 927. The summed E-state index contributed by atoms with van der Waals surface area (Å²) >= 11 is 0. The van der Waals surface area contributed by atoms with Crippen LogP contribution in [0.25, 0.3) is 0 Å². The highest BCUT2D eigenvalue weighted by Gasteiger charge is 2.41. The summed E-state index contributed by atoms with van der Waals surface area (Å²) in [6.45, 7) is 6.89. The quantitative estimate of drug-likeness (QED) is 0.571. The number of hydrogen-bond donors (Lipinski definition) is 0. The second kappa shape index (κ2) is 9.26. The molecule has 1 aliphatic carbocycles. The number of likely N-dealkylation sites (tertiary alicyclic amines) is 1. The minimum Gasteiger partial charge on any atom is -0.342 e. The molecule has 30 heavy (non-hydrogen) atoms. The van der Waals surface area contributed by atoms with Crippen LogP contribution in [-0.2, 0) is 14.4 Å². The Morgan fingerprint density at radius 3 is 2.13 bits per heavy atom. The van der Waals surface area contributed by atoms with Gasteiger partial charge in [0.2, 0.25) is 5.91 Å². The molecule has 0 radical (unpaired) electrons. The van der Waals surface area contributed by atoms with Gasteiger partial charge in [0.1, 0.15) is 23.9 Å². The molecular formula is C25H28N2O3. The van der Waals surface area contributed by atoms with Crippen LogP contribution in [0.15, 0.2) is 12.1 Å². The summed E-state index contributed by atoms with van der Waals surface area (Å²) < 4.78 is 0. The van der Waals surface area contributed by atoms with E-state index >= 15 is 0 Å². The lowest BCUT2D eigenvalue weighted by Gasteiger charge is -2.38. The van der Waals surface area contributed by atoms with Gasteiger partial charge in [-0.15, -0.1) is 5.92 Å². The van der Waals surface area contributed by atoms with Crippen LogP contribution >= 0.6 is 0 Å². The summed E-state index contributed by atoms with van der Waals surface area (Å²) in [6, 6.07) is 5.82. The Balaban J connectivity index is 1.71. The third-order valence-corrected chi connectivity index (χ3v) is 6.51. The highest BCUT2D eigenvalue weighted by molar-refractivity contribution is 6.10. The highest BCUT2D eigenvalue weighted by Crippen LogP contribution is 2.39. The Morgan fingerprint density at radius 2 is 1.63 bits per heavy atom. The number of rotatable bonds is 3. The molecule has 1 amide bonds. The predicted octanol–water partition coefficient (Wildman–Crippen LogP) is 3.46. The molecule has 156 valence electrons. The molecule has 1 aliphatic heterocycles. The number of carbonyl (C=O) groups excluding carboxylic acids is 3. The van der Waals surface area contributed by atoms with Crippen LogP contribution in [0.1, 0.15) is 67.2 Å². The lowest BCUT2D eigenvalue weighted by Crippen LogP contribution is -2.42. The minimum atomic E-state index is -0.665. The fraction of sp³-hybridized carbons (Fsp3) is 0.520. The summed E-state index contributed by atoms with van der Waals surface area (Å²) in [5, 5.41) is 8.70. The van der Waals surface area contributed by atoms with Crippen LogP contribution in [0.4, 0.5) is 0 Å². The van der Waals surface area contributed by atoms with Crippen molar-refractivity contribution in [2.75, 3.05) is 13.1 Å². The number of Topliss-reactive ketones (excluding diaryl/α,β-unsaturated/α-hetero) is 2. The van der Waals surface area contributed by atoms with Crippen LogP contribution in [0, 0.1) is 48.9 Å². The zero-order valence-electron chi connectivity index (χ0n) is 18.0. The van der Waals surface area contributed by atoms with Gasteiger partial charge in [0.05, 0.1) is 6.07 Å². The number of nitriles is 1. The molecular weight excluding hydrogens is 376 g/mol. The fourth-order valence-corrected chi connectivity index (χ4v) is 5.11. The Hall–Kier alpha value is -2.92. The minimum absolute atomic E-state index is 0.0137. The first-order valence-electron chi connectivity index (χ1n) is 10.6. The Labute approximate surface area is 178 Å². The molecule has 2 aliphatic rings. The van der Waals surface area contributed by atoms with E-state index in [1.165, 1.54) is 0 Å². The molecule has 5 heteroatoms. The molecule has 1 saturated heterocycles. The molecule has 0 atom stereocenters. The van der Waals surface area contributed by atoms with Gasteiger partial charge in [-0.3, -0.25) is 14.4 Å². The van der Waals surface area contributed by atoms with Crippen molar-refractivity contribution in [1.82, 2.24) is 4.90 Å². The summed E-state index contributed by atoms with van der Waals surface area (Å²) in [4.78, 5) is 39.8. The molecule has 1 heterocycles. The number of nitrogens with zero attached hydrogens (tertiary/aromatic N) is 2. The van der Waals surface area contributed by atoms with Crippen LogP contribution in [-0.4, -0.2) is 35.5 Å². The number of hydrogen-bond acceptors (Lipinski definition) is 4. The van der Waals surface area contributed by atoms with Crippen LogP contribution in [0.3, 0.4) is 0 Å². The number of piperidine rings is 1. The third kappa shape index (κ3) is 4.46. The number of amides is 1. The highest BCUT2D eigenvalue weighted by atomic mass is 16.2. The predicted molar refractivity (Wildman–Crippen MR) is 113 cm³/mol. The number of ketones is 2. The third-order valence-electron chi connectivity index (χ3n) is 6.51. The summed E-state index contributed by atoms with van der Waals surface area (Å²) in [5.74, 6) is 5.50. The second-order valence-electron chi connectivity index (χ2n) is 8.49. The van der Waals surface area contributed by atoms with Crippen LogP contribution < -0.4 is 0 Å². The molecule has 3 rings (SSSR count). The molecule has 0 N–H and O–H groups in total. The zero-order valence-corrected chi connectivity index (χ0v) is 18.0. The first-order valence-corrected chi connectivity index (χ1v) is 10.6. The van der Waals surface area contributed by atoms with Gasteiger partial charge in [0.15, 0.2) is 0 Å². The lowest BCUT2D eigenvalue weighted by atomic mass is 9.69. The van der Waals surface area contributed by atoms with Gasteiger partial charge in [0, 0.05) is 31.5 Å². The van der Waals surface area contributed by atoms with E-state index in [9.17, 15) is 14.4 Å². The van der Waals surface area contributed by atoms with E-state index in [0.717, 1.165) is 35.1 Å². The topological polar surface area (TPSA) is 78.2 Å². The van der Waals surface area contributed by atoms with Gasteiger partial charge in [0.25, 0.3) is 0 Å². The van der Waals surface area contributed by atoms with E-state index in [-0.39, 0.29) is 35.7 Å². The summed E-state index contributed by atoms with van der Waals surface area (Å²) in [5.41, 5.74) is 3.65. The average molecular weight is 405 g/mol. The average Bonchev–Trinajstić information content (AvgIpc) is 2.70. The van der Waals surface area contributed by atoms with Gasteiger partial charge in [-0.25, -0.2) is 0 Å². The second-order valence-corrected chi connectivity index (χ2v) is 8.49. The SMILES string of the molecule is CC#Cc1cc(C)c(C2C(=O)CC(C3CCN(C(=O)CC#N)CC3)CC2=O)c(C)c1. The van der Waals surface area contributed by atoms with Crippen LogP contribution in [0.2, 0.25) is 0 Å². The molecule has 5 nitrogen and oxygen atoms in total. The van der Waals surface area contributed by atoms with Crippen molar-refractivity contribution in [2.45, 2.75) is 58.8 Å². The monoisotopic (exact) mass is 404 g/mol. The molecule has 0 aromatic heterocycles. The van der Waals surface area contributed by atoms with Gasteiger partial charge in [-0.05, 0) is 74.3 Å². The van der Waals surface area contributed by atoms with E-state index in [1.807, 2.05) is 32.0 Å². The van der Waals surface area contributed by atoms with Crippen LogP contribution in [0.5, 0.6) is 0 Å². The maximum absolute atomic E-state index is 13.1. The number of benzene rings is 1. The van der Waals surface area contributed by atoms with E-state index in [4.69, 9.17) is 5.26 Å². The van der Waals surface area contributed by atoms with Gasteiger partial charge in [-0.2, -0.15) is 5.26 Å². The zero-order chi connectivity index (χ0) is 21.8. The van der Waals surface area contributed by atoms with Gasteiger partial charge in [-0.1, -0.05) is 5.92 Å². The summed E-state index contributed by atoms with van der Waals surface area (Å²) in [6.07, 6.45) is 2.32. The number of carbonyl (C=O) groups is 3. The van der Waals surface area contributed by atoms with Crippen molar-refractivity contribution < 1.29 is 14.4 Å². The largest absolute Gasteiger partial charge is 0.342 e. The van der Waals surface area contributed by atoms with Crippen molar-refractivity contribution in [1.29, 1.82) is 5.26 Å². The molecule has 0 unspecified atom stereocenters. The normalized spacial score (nSPS) is 22.3. The maximum Gasteiger partial charge on any atom is 0.236 e. The van der Waals surface area contributed by atoms with E-state index in [2.05, 4.69) is 11.8 Å². The fourth-order valence-electron chi connectivity index (χ4n) is 5.11. The lowest BCUT2D eigenvalue weighted by molar-refractivity contribution is -0.137. The Kier molecular flexibility index (Phi) is 6.73. The molecule has 1 saturated carbocycles. The van der Waals surface area contributed by atoms with Gasteiger partial charge >= 0.3 is 0 Å². The van der Waals surface area contributed by atoms with E-state index in [0.29, 0.717) is 25.9 Å². The first-order chi connectivity index (χ1) is 14.3. The molecule has 0 spiro atoms. The summed E-state index contributed by atoms with van der Waals surface area (Å²) in [7, 11) is 0. The number of aryl methyl sites for hydroxylation is 2. The van der Waals surface area contributed by atoms with Crippen molar-refractivity contribution in [3.05, 3.63) is 34.4 Å².